The van der Waals surface area contributed by atoms with E-state index in [2.05, 4.69) is 38.2 Å². The van der Waals surface area contributed by atoms with Gasteiger partial charge in [0.1, 0.15) is 0 Å². The monoisotopic (exact) mass is 284 g/mol. The number of nitrogens with one attached hydrogen (secondary N) is 1. The molecule has 0 spiro atoms. The van der Waals surface area contributed by atoms with Gasteiger partial charge in [0.25, 0.3) is 0 Å². The van der Waals surface area contributed by atoms with Gasteiger partial charge in [-0.2, -0.15) is 0 Å². The van der Waals surface area contributed by atoms with E-state index in [0.29, 0.717) is 17.5 Å². The average molecular weight is 284 g/mol. The van der Waals surface area contributed by atoms with Crippen LogP contribution >= 0.6 is 0 Å². The van der Waals surface area contributed by atoms with Crippen LogP contribution < -0.4 is 5.32 Å². The third-order valence-electron chi connectivity index (χ3n) is 5.21. The number of rotatable bonds is 8. The summed E-state index contributed by atoms with van der Waals surface area (Å²) in [7, 11) is 6.36. The van der Waals surface area contributed by atoms with Gasteiger partial charge in [-0.1, -0.05) is 39.5 Å². The summed E-state index contributed by atoms with van der Waals surface area (Å²) in [5.41, 5.74) is 0.319. The molecule has 0 aromatic rings. The number of hydrogen-bond acceptors (Lipinski definition) is 3. The van der Waals surface area contributed by atoms with Gasteiger partial charge in [-0.3, -0.25) is 0 Å². The van der Waals surface area contributed by atoms with Crippen LogP contribution in [0.5, 0.6) is 0 Å². The first-order chi connectivity index (χ1) is 9.58. The highest BCUT2D eigenvalue weighted by Gasteiger charge is 2.42. The van der Waals surface area contributed by atoms with E-state index in [9.17, 15) is 0 Å². The first-order valence-electron chi connectivity index (χ1n) is 8.48. The van der Waals surface area contributed by atoms with Crippen molar-refractivity contribution in [3.05, 3.63) is 0 Å². The van der Waals surface area contributed by atoms with E-state index in [4.69, 9.17) is 4.74 Å². The van der Waals surface area contributed by atoms with Crippen molar-refractivity contribution >= 4 is 0 Å². The Labute approximate surface area is 126 Å². The normalized spacial score (nSPS) is 22.5. The second kappa shape index (κ2) is 9.01. The molecule has 0 amide bonds. The maximum atomic E-state index is 5.30. The highest BCUT2D eigenvalue weighted by Crippen LogP contribution is 2.37. The van der Waals surface area contributed by atoms with E-state index >= 15 is 0 Å². The quantitative estimate of drug-likeness (QED) is 0.692. The van der Waals surface area contributed by atoms with Gasteiger partial charge in [-0.05, 0) is 45.8 Å². The topological polar surface area (TPSA) is 24.5 Å². The summed E-state index contributed by atoms with van der Waals surface area (Å²) >= 11 is 0. The second-order valence-electron chi connectivity index (χ2n) is 6.71. The molecule has 0 heterocycles. The molecule has 1 rings (SSSR count). The largest absolute Gasteiger partial charge is 0.385 e. The standard InChI is InChI=1S/C17H36N2O/c1-6-18-16(15(2)11-14-20-5)17(19(3)4)12-9-7-8-10-13-17/h15-16,18H,6-14H2,1-5H3. The van der Waals surface area contributed by atoms with E-state index in [-0.39, 0.29) is 0 Å². The maximum absolute atomic E-state index is 5.30. The minimum Gasteiger partial charge on any atom is -0.385 e. The van der Waals surface area contributed by atoms with E-state index in [0.717, 1.165) is 19.6 Å². The second-order valence-corrected chi connectivity index (χ2v) is 6.71. The summed E-state index contributed by atoms with van der Waals surface area (Å²) in [5, 5.41) is 3.81. The van der Waals surface area contributed by atoms with Crippen LogP contribution in [0.3, 0.4) is 0 Å². The molecular weight excluding hydrogens is 248 g/mol. The molecule has 1 N–H and O–H groups in total. The van der Waals surface area contributed by atoms with Crippen LogP contribution in [0.4, 0.5) is 0 Å². The highest BCUT2D eigenvalue weighted by atomic mass is 16.5. The molecule has 0 aliphatic heterocycles. The van der Waals surface area contributed by atoms with Crippen molar-refractivity contribution in [1.29, 1.82) is 0 Å². The molecule has 1 aliphatic rings. The van der Waals surface area contributed by atoms with Crippen molar-refractivity contribution < 1.29 is 4.74 Å². The molecule has 2 atom stereocenters. The molecule has 0 aromatic carbocycles. The zero-order valence-electron chi connectivity index (χ0n) is 14.4. The van der Waals surface area contributed by atoms with Crippen molar-refractivity contribution in [2.24, 2.45) is 5.92 Å². The summed E-state index contributed by atoms with van der Waals surface area (Å²) in [4.78, 5) is 2.51. The summed E-state index contributed by atoms with van der Waals surface area (Å²) < 4.78 is 5.30. The molecule has 2 unspecified atom stereocenters. The Morgan fingerprint density at radius 3 is 2.20 bits per heavy atom. The molecule has 1 aliphatic carbocycles. The van der Waals surface area contributed by atoms with Gasteiger partial charge in [0, 0.05) is 25.3 Å². The fraction of sp³-hybridized carbons (Fsp3) is 1.00. The van der Waals surface area contributed by atoms with Crippen molar-refractivity contribution in [3.8, 4) is 0 Å². The van der Waals surface area contributed by atoms with Gasteiger partial charge >= 0.3 is 0 Å². The molecular formula is C17H36N2O. The van der Waals surface area contributed by atoms with Crippen LogP contribution in [0.15, 0.2) is 0 Å². The molecule has 3 nitrogen and oxygen atoms in total. The first kappa shape index (κ1) is 17.9. The number of nitrogens with zero attached hydrogens (tertiary/aromatic N) is 1. The van der Waals surface area contributed by atoms with Gasteiger partial charge in [0.05, 0.1) is 0 Å². The predicted molar refractivity (Wildman–Crippen MR) is 87.2 cm³/mol. The Balaban J connectivity index is 2.91. The summed E-state index contributed by atoms with van der Waals surface area (Å²) in [6, 6.07) is 0.566. The molecule has 1 saturated carbocycles. The van der Waals surface area contributed by atoms with Crippen LogP contribution in [0.25, 0.3) is 0 Å². The first-order valence-corrected chi connectivity index (χ1v) is 8.48. The van der Waals surface area contributed by atoms with E-state index in [1.807, 2.05) is 7.11 Å². The lowest BCUT2D eigenvalue weighted by Gasteiger charge is -2.48. The molecule has 20 heavy (non-hydrogen) atoms. The number of likely N-dealkylation sites (N-methyl/N-ethyl adjacent to an activating group) is 2. The summed E-state index contributed by atoms with van der Waals surface area (Å²) in [5.74, 6) is 0.649. The minimum atomic E-state index is 0.319. The number of ether oxygens (including phenoxy) is 1. The SMILES string of the molecule is CCNC(C(C)CCOC)C1(N(C)C)CCCCCC1. The van der Waals surface area contributed by atoms with Crippen molar-refractivity contribution in [3.63, 3.8) is 0 Å². The molecule has 0 aromatic heterocycles. The Hall–Kier alpha value is -0.120. The molecule has 1 fully saturated rings. The van der Waals surface area contributed by atoms with Gasteiger partial charge in [-0.15, -0.1) is 0 Å². The molecule has 120 valence electrons. The van der Waals surface area contributed by atoms with Gasteiger partial charge < -0.3 is 15.0 Å². The van der Waals surface area contributed by atoms with Crippen LogP contribution in [0.1, 0.15) is 58.8 Å². The van der Waals surface area contributed by atoms with E-state index in [1.165, 1.54) is 38.5 Å². The molecule has 0 bridgehead atoms. The highest BCUT2D eigenvalue weighted by molar-refractivity contribution is 5.01. The summed E-state index contributed by atoms with van der Waals surface area (Å²) in [6.45, 7) is 6.54. The maximum Gasteiger partial charge on any atom is 0.0465 e. The van der Waals surface area contributed by atoms with Crippen LogP contribution in [-0.2, 0) is 4.74 Å². The fourth-order valence-electron chi connectivity index (χ4n) is 3.99. The average Bonchev–Trinajstić information content (AvgIpc) is 2.68. The van der Waals surface area contributed by atoms with Crippen molar-refractivity contribution in [2.75, 3.05) is 34.4 Å². The lowest BCUT2D eigenvalue weighted by Crippen LogP contribution is -2.61. The number of hydrogen-bond donors (Lipinski definition) is 1. The lowest BCUT2D eigenvalue weighted by atomic mass is 9.75. The zero-order chi connectivity index (χ0) is 15.0. The third kappa shape index (κ3) is 4.44. The Morgan fingerprint density at radius 2 is 1.75 bits per heavy atom. The van der Waals surface area contributed by atoms with Crippen LogP contribution in [-0.4, -0.2) is 50.8 Å². The zero-order valence-corrected chi connectivity index (χ0v) is 14.4. The van der Waals surface area contributed by atoms with Crippen LogP contribution in [0.2, 0.25) is 0 Å². The van der Waals surface area contributed by atoms with E-state index in [1.54, 1.807) is 0 Å². The number of methoxy groups -OCH3 is 1. The van der Waals surface area contributed by atoms with Gasteiger partial charge in [-0.25, -0.2) is 0 Å². The predicted octanol–water partition coefficient (Wildman–Crippen LogP) is 3.29. The molecule has 0 saturated heterocycles. The molecule has 3 heteroatoms. The molecule has 0 radical (unpaired) electrons. The Bertz CT molecular complexity index is 247. The Kier molecular flexibility index (Phi) is 8.08. The lowest BCUT2D eigenvalue weighted by molar-refractivity contribution is 0.0475. The van der Waals surface area contributed by atoms with Gasteiger partial charge in [0.2, 0.25) is 0 Å². The van der Waals surface area contributed by atoms with Crippen molar-refractivity contribution in [2.45, 2.75) is 70.4 Å². The van der Waals surface area contributed by atoms with Crippen molar-refractivity contribution in [1.82, 2.24) is 10.2 Å². The third-order valence-corrected chi connectivity index (χ3v) is 5.21. The van der Waals surface area contributed by atoms with Crippen LogP contribution in [0, 0.1) is 5.92 Å². The van der Waals surface area contributed by atoms with Gasteiger partial charge in [0.15, 0.2) is 0 Å². The smallest absolute Gasteiger partial charge is 0.0465 e. The summed E-state index contributed by atoms with van der Waals surface area (Å²) in [6.07, 6.45) is 9.35. The Morgan fingerprint density at radius 1 is 1.15 bits per heavy atom. The minimum absolute atomic E-state index is 0.319. The fourth-order valence-corrected chi connectivity index (χ4v) is 3.99. The van der Waals surface area contributed by atoms with E-state index < -0.39 is 0 Å².